The molecule has 0 unspecified atom stereocenters. The molecule has 0 saturated heterocycles. The van der Waals surface area contributed by atoms with Crippen molar-refractivity contribution in [2.24, 2.45) is 13.0 Å². The predicted molar refractivity (Wildman–Crippen MR) is 94.4 cm³/mol. The first kappa shape index (κ1) is 18.6. The number of carboxylic acid groups (broad SMARTS) is 1. The van der Waals surface area contributed by atoms with E-state index in [1.807, 2.05) is 6.92 Å². The molecule has 0 saturated carbocycles. The Morgan fingerprint density at radius 3 is 2.36 bits per heavy atom. The quantitative estimate of drug-likeness (QED) is 0.802. The molecule has 0 fully saturated rings. The van der Waals surface area contributed by atoms with Gasteiger partial charge in [-0.15, -0.1) is 0 Å². The van der Waals surface area contributed by atoms with Crippen LogP contribution < -0.4 is 14.8 Å². The molecule has 1 aromatic heterocycles. The molecule has 7 heteroatoms. The van der Waals surface area contributed by atoms with Crippen LogP contribution in [0.3, 0.4) is 0 Å². The lowest BCUT2D eigenvalue weighted by Crippen LogP contribution is -2.45. The smallest absolute Gasteiger partial charge is 0.326 e. The number of carbonyl (C=O) groups is 2. The minimum absolute atomic E-state index is 0.180. The number of nitrogens with zero attached hydrogens (tertiary/aromatic N) is 1. The maximum absolute atomic E-state index is 12.7. The zero-order valence-electron chi connectivity index (χ0n) is 15.1. The first-order valence-electron chi connectivity index (χ1n) is 8.09. The molecule has 25 heavy (non-hydrogen) atoms. The lowest BCUT2D eigenvalue weighted by molar-refractivity contribution is -0.140. The fourth-order valence-corrected chi connectivity index (χ4v) is 2.87. The van der Waals surface area contributed by atoms with Gasteiger partial charge in [0.1, 0.15) is 23.2 Å². The highest BCUT2D eigenvalue weighted by Crippen LogP contribution is 2.35. The summed E-state index contributed by atoms with van der Waals surface area (Å²) in [6.45, 7) is 3.69. The highest BCUT2D eigenvalue weighted by molar-refractivity contribution is 6.03. The monoisotopic (exact) mass is 348 g/mol. The second-order valence-electron chi connectivity index (χ2n) is 6.00. The molecule has 1 aromatic carbocycles. The van der Waals surface area contributed by atoms with Crippen molar-refractivity contribution < 1.29 is 24.2 Å². The number of ether oxygens (including phenoxy) is 2. The fraction of sp³-hybridized carbons (Fsp3) is 0.444. The second kappa shape index (κ2) is 7.46. The van der Waals surface area contributed by atoms with Crippen LogP contribution in [0, 0.1) is 5.92 Å². The zero-order chi connectivity index (χ0) is 18.7. The van der Waals surface area contributed by atoms with E-state index in [4.69, 9.17) is 9.47 Å². The predicted octanol–water partition coefficient (Wildman–Crippen LogP) is 2.42. The number of rotatable bonds is 7. The van der Waals surface area contributed by atoms with E-state index >= 15 is 0 Å². The van der Waals surface area contributed by atoms with Crippen LogP contribution in [0.1, 0.15) is 30.8 Å². The Labute approximate surface area is 146 Å². The molecule has 0 aliphatic heterocycles. The van der Waals surface area contributed by atoms with Crippen LogP contribution in [0.2, 0.25) is 0 Å². The SMILES string of the molecule is CC[C@@H](C)[C@H](NC(=O)c1cc2c(OC)ccc(OC)c2n1C)C(=O)O. The third-order valence-corrected chi connectivity index (χ3v) is 4.56. The van der Waals surface area contributed by atoms with E-state index in [0.29, 0.717) is 29.1 Å². The number of aryl methyl sites for hydroxylation is 1. The molecule has 7 nitrogen and oxygen atoms in total. The second-order valence-corrected chi connectivity index (χ2v) is 6.00. The molecule has 0 bridgehead atoms. The maximum Gasteiger partial charge on any atom is 0.326 e. The minimum atomic E-state index is -1.04. The lowest BCUT2D eigenvalue weighted by atomic mass is 9.99. The summed E-state index contributed by atoms with van der Waals surface area (Å²) in [4.78, 5) is 24.2. The number of hydrogen-bond acceptors (Lipinski definition) is 4. The van der Waals surface area contributed by atoms with Crippen molar-refractivity contribution in [2.75, 3.05) is 14.2 Å². The highest BCUT2D eigenvalue weighted by Gasteiger charge is 2.27. The van der Waals surface area contributed by atoms with Crippen LogP contribution in [-0.4, -0.2) is 41.8 Å². The van der Waals surface area contributed by atoms with Crippen molar-refractivity contribution >= 4 is 22.8 Å². The van der Waals surface area contributed by atoms with Crippen LogP contribution >= 0.6 is 0 Å². The Balaban J connectivity index is 2.48. The van der Waals surface area contributed by atoms with Gasteiger partial charge in [0.05, 0.1) is 19.7 Å². The molecule has 1 heterocycles. The standard InChI is InChI=1S/C18H24N2O5/c1-6-10(2)15(18(22)23)19-17(21)12-9-11-13(24-4)7-8-14(25-5)16(11)20(12)3/h7-10,15H,6H2,1-5H3,(H,19,21)(H,22,23)/t10-,15+/m1/s1. The summed E-state index contributed by atoms with van der Waals surface area (Å²) in [6, 6.07) is 4.27. The van der Waals surface area contributed by atoms with Crippen LogP contribution in [-0.2, 0) is 11.8 Å². The number of amides is 1. The molecule has 136 valence electrons. The van der Waals surface area contributed by atoms with Crippen molar-refractivity contribution in [3.63, 3.8) is 0 Å². The van der Waals surface area contributed by atoms with Gasteiger partial charge in [-0.2, -0.15) is 0 Å². The maximum atomic E-state index is 12.7. The molecule has 2 N–H and O–H groups in total. The summed E-state index contributed by atoms with van der Waals surface area (Å²) in [6.07, 6.45) is 0.647. The van der Waals surface area contributed by atoms with Gasteiger partial charge >= 0.3 is 5.97 Å². The molecule has 0 spiro atoms. The van der Waals surface area contributed by atoms with Crippen molar-refractivity contribution in [3.05, 3.63) is 23.9 Å². The van der Waals surface area contributed by atoms with E-state index < -0.39 is 17.9 Å². The number of carbonyl (C=O) groups excluding carboxylic acids is 1. The number of nitrogens with one attached hydrogen (secondary N) is 1. The van der Waals surface area contributed by atoms with Crippen LogP contribution in [0.25, 0.3) is 10.9 Å². The largest absolute Gasteiger partial charge is 0.496 e. The molecule has 2 rings (SSSR count). The van der Waals surface area contributed by atoms with Gasteiger partial charge in [-0.3, -0.25) is 4.79 Å². The van der Waals surface area contributed by atoms with Gasteiger partial charge in [0.15, 0.2) is 0 Å². The van der Waals surface area contributed by atoms with E-state index in [1.165, 1.54) is 0 Å². The Morgan fingerprint density at radius 1 is 1.24 bits per heavy atom. The summed E-state index contributed by atoms with van der Waals surface area (Å²) in [5.41, 5.74) is 1.05. The van der Waals surface area contributed by atoms with Gasteiger partial charge in [0.2, 0.25) is 0 Å². The Hall–Kier alpha value is -2.70. The number of methoxy groups -OCH3 is 2. The van der Waals surface area contributed by atoms with Crippen molar-refractivity contribution in [1.82, 2.24) is 9.88 Å². The van der Waals surface area contributed by atoms with Gasteiger partial charge in [-0.1, -0.05) is 20.3 Å². The van der Waals surface area contributed by atoms with Gasteiger partial charge in [0, 0.05) is 12.4 Å². The molecular weight excluding hydrogens is 324 g/mol. The number of benzene rings is 1. The lowest BCUT2D eigenvalue weighted by Gasteiger charge is -2.20. The van der Waals surface area contributed by atoms with E-state index in [1.54, 1.807) is 51.0 Å². The first-order chi connectivity index (χ1) is 11.8. The van der Waals surface area contributed by atoms with Crippen molar-refractivity contribution in [2.45, 2.75) is 26.3 Å². The highest BCUT2D eigenvalue weighted by atomic mass is 16.5. The molecular formula is C18H24N2O5. The summed E-state index contributed by atoms with van der Waals surface area (Å²) in [5.74, 6) is -0.455. The average molecular weight is 348 g/mol. The normalized spacial score (nSPS) is 13.3. The third kappa shape index (κ3) is 3.40. The molecule has 2 atom stereocenters. The number of aliphatic carboxylic acids is 1. The molecule has 0 aliphatic rings. The van der Waals surface area contributed by atoms with Crippen LogP contribution in [0.5, 0.6) is 11.5 Å². The van der Waals surface area contributed by atoms with Gasteiger partial charge in [-0.25, -0.2) is 4.79 Å². The van der Waals surface area contributed by atoms with E-state index in [9.17, 15) is 14.7 Å². The number of hydrogen-bond donors (Lipinski definition) is 2. The van der Waals surface area contributed by atoms with E-state index in [2.05, 4.69) is 5.32 Å². The van der Waals surface area contributed by atoms with E-state index in [0.717, 1.165) is 5.39 Å². The number of aromatic nitrogens is 1. The van der Waals surface area contributed by atoms with Gasteiger partial charge in [0.25, 0.3) is 5.91 Å². The minimum Gasteiger partial charge on any atom is -0.496 e. The summed E-state index contributed by atoms with van der Waals surface area (Å²) in [7, 11) is 4.84. The fourth-order valence-electron chi connectivity index (χ4n) is 2.87. The summed E-state index contributed by atoms with van der Waals surface area (Å²) in [5, 5.41) is 12.7. The van der Waals surface area contributed by atoms with Crippen LogP contribution in [0.15, 0.2) is 18.2 Å². The van der Waals surface area contributed by atoms with Gasteiger partial charge in [-0.05, 0) is 24.1 Å². The Kier molecular flexibility index (Phi) is 5.56. The Morgan fingerprint density at radius 2 is 1.84 bits per heavy atom. The van der Waals surface area contributed by atoms with Crippen molar-refractivity contribution in [1.29, 1.82) is 0 Å². The zero-order valence-corrected chi connectivity index (χ0v) is 15.1. The van der Waals surface area contributed by atoms with Crippen molar-refractivity contribution in [3.8, 4) is 11.5 Å². The summed E-state index contributed by atoms with van der Waals surface area (Å²) >= 11 is 0. The van der Waals surface area contributed by atoms with E-state index in [-0.39, 0.29) is 5.92 Å². The number of carboxylic acids is 1. The molecule has 0 radical (unpaired) electrons. The summed E-state index contributed by atoms with van der Waals surface area (Å²) < 4.78 is 12.4. The average Bonchev–Trinajstić information content (AvgIpc) is 2.95. The third-order valence-electron chi connectivity index (χ3n) is 4.56. The topological polar surface area (TPSA) is 89.8 Å². The van der Waals surface area contributed by atoms with Gasteiger partial charge < -0.3 is 24.5 Å². The Bertz CT molecular complexity index is 796. The van der Waals surface area contributed by atoms with Crippen LogP contribution in [0.4, 0.5) is 0 Å². The molecule has 1 amide bonds. The molecule has 0 aliphatic carbocycles. The number of fused-ring (bicyclic) bond motifs is 1. The molecule has 2 aromatic rings. The first-order valence-corrected chi connectivity index (χ1v) is 8.09.